The molecule has 1 heterocycles. The molecule has 1 aromatic rings. The van der Waals surface area contributed by atoms with Crippen LogP contribution in [-0.2, 0) is 11.3 Å². The first kappa shape index (κ1) is 11.9. The molecule has 1 N–H and O–H groups in total. The second-order valence-electron chi connectivity index (χ2n) is 3.20. The first-order valence-electron chi connectivity index (χ1n) is 5.24. The molecule has 84 valence electrons. The van der Waals surface area contributed by atoms with E-state index in [0.717, 1.165) is 31.9 Å². The number of nitrogens with zero attached hydrogens (tertiary/aromatic N) is 2. The molecule has 0 bridgehead atoms. The van der Waals surface area contributed by atoms with Crippen molar-refractivity contribution in [2.24, 2.45) is 0 Å². The SMILES string of the molecule is CCn1cncc1C=CCNCCOC. The van der Waals surface area contributed by atoms with E-state index in [1.807, 2.05) is 12.5 Å². The fourth-order valence-corrected chi connectivity index (χ4v) is 1.27. The van der Waals surface area contributed by atoms with E-state index in [2.05, 4.69) is 33.9 Å². The average Bonchev–Trinajstić information content (AvgIpc) is 2.70. The van der Waals surface area contributed by atoms with E-state index in [1.54, 1.807) is 7.11 Å². The van der Waals surface area contributed by atoms with Crippen molar-refractivity contribution in [3.8, 4) is 0 Å². The summed E-state index contributed by atoms with van der Waals surface area (Å²) in [7, 11) is 1.71. The zero-order valence-corrected chi connectivity index (χ0v) is 9.44. The van der Waals surface area contributed by atoms with E-state index < -0.39 is 0 Å². The molecule has 0 saturated carbocycles. The summed E-state index contributed by atoms with van der Waals surface area (Å²) in [4.78, 5) is 4.09. The van der Waals surface area contributed by atoms with E-state index in [0.29, 0.717) is 0 Å². The molecule has 0 aliphatic heterocycles. The number of rotatable bonds is 7. The molecule has 0 saturated heterocycles. The topological polar surface area (TPSA) is 39.1 Å². The zero-order chi connectivity index (χ0) is 10.9. The van der Waals surface area contributed by atoms with Gasteiger partial charge in [0.25, 0.3) is 0 Å². The van der Waals surface area contributed by atoms with Crippen molar-refractivity contribution in [2.45, 2.75) is 13.5 Å². The molecule has 0 fully saturated rings. The van der Waals surface area contributed by atoms with Crippen molar-refractivity contribution < 1.29 is 4.74 Å². The molecule has 15 heavy (non-hydrogen) atoms. The Hall–Kier alpha value is -1.13. The molecule has 0 unspecified atom stereocenters. The van der Waals surface area contributed by atoms with Gasteiger partial charge in [0, 0.05) is 26.7 Å². The lowest BCUT2D eigenvalue weighted by Crippen LogP contribution is -2.18. The smallest absolute Gasteiger partial charge is 0.0950 e. The van der Waals surface area contributed by atoms with Crippen molar-refractivity contribution in [1.29, 1.82) is 0 Å². The average molecular weight is 209 g/mol. The lowest BCUT2D eigenvalue weighted by Gasteiger charge is -2.00. The van der Waals surface area contributed by atoms with Crippen LogP contribution < -0.4 is 5.32 Å². The number of ether oxygens (including phenoxy) is 1. The molecule has 0 radical (unpaired) electrons. The van der Waals surface area contributed by atoms with Crippen LogP contribution in [0.15, 0.2) is 18.6 Å². The van der Waals surface area contributed by atoms with Gasteiger partial charge in [-0.3, -0.25) is 0 Å². The molecule has 0 aliphatic rings. The summed E-state index contributed by atoms with van der Waals surface area (Å²) in [5.41, 5.74) is 1.14. The molecule has 0 spiro atoms. The van der Waals surface area contributed by atoms with Crippen molar-refractivity contribution in [1.82, 2.24) is 14.9 Å². The van der Waals surface area contributed by atoms with Crippen LogP contribution in [0.5, 0.6) is 0 Å². The number of hydrogen-bond acceptors (Lipinski definition) is 3. The highest BCUT2D eigenvalue weighted by Gasteiger charge is 1.93. The van der Waals surface area contributed by atoms with E-state index in [4.69, 9.17) is 4.74 Å². The third-order valence-electron chi connectivity index (χ3n) is 2.12. The Morgan fingerprint density at radius 3 is 3.20 bits per heavy atom. The first-order valence-corrected chi connectivity index (χ1v) is 5.24. The predicted molar refractivity (Wildman–Crippen MR) is 61.7 cm³/mol. The number of imidazole rings is 1. The van der Waals surface area contributed by atoms with Crippen molar-refractivity contribution in [3.05, 3.63) is 24.3 Å². The maximum absolute atomic E-state index is 4.93. The van der Waals surface area contributed by atoms with E-state index in [9.17, 15) is 0 Å². The van der Waals surface area contributed by atoms with Gasteiger partial charge in [-0.05, 0) is 13.0 Å². The lowest BCUT2D eigenvalue weighted by atomic mass is 10.4. The van der Waals surface area contributed by atoms with Crippen LogP contribution in [0.2, 0.25) is 0 Å². The van der Waals surface area contributed by atoms with Crippen molar-refractivity contribution in [2.75, 3.05) is 26.8 Å². The molecular weight excluding hydrogens is 190 g/mol. The summed E-state index contributed by atoms with van der Waals surface area (Å²) in [6.45, 7) is 5.56. The maximum Gasteiger partial charge on any atom is 0.0950 e. The molecule has 0 aliphatic carbocycles. The monoisotopic (exact) mass is 209 g/mol. The molecule has 4 heteroatoms. The molecule has 4 nitrogen and oxygen atoms in total. The maximum atomic E-state index is 4.93. The standard InChI is InChI=1S/C11H19N3O/c1-3-14-10-13-9-11(14)5-4-6-12-7-8-15-2/h4-5,9-10,12H,3,6-8H2,1-2H3. The molecule has 0 aromatic carbocycles. The summed E-state index contributed by atoms with van der Waals surface area (Å²) in [5, 5.41) is 3.24. The fraction of sp³-hybridized carbons (Fsp3) is 0.545. The third kappa shape index (κ3) is 4.27. The van der Waals surface area contributed by atoms with Gasteiger partial charge in [-0.2, -0.15) is 0 Å². The quantitative estimate of drug-likeness (QED) is 0.685. The summed E-state index contributed by atoms with van der Waals surface area (Å²) in [6.07, 6.45) is 7.89. The summed E-state index contributed by atoms with van der Waals surface area (Å²) in [6, 6.07) is 0. The Morgan fingerprint density at radius 1 is 1.60 bits per heavy atom. The zero-order valence-electron chi connectivity index (χ0n) is 9.44. The minimum Gasteiger partial charge on any atom is -0.383 e. The van der Waals surface area contributed by atoms with Crippen LogP contribution >= 0.6 is 0 Å². The molecule has 1 rings (SSSR count). The Labute approximate surface area is 91.0 Å². The van der Waals surface area contributed by atoms with Gasteiger partial charge >= 0.3 is 0 Å². The van der Waals surface area contributed by atoms with Gasteiger partial charge in [0.05, 0.1) is 24.8 Å². The minimum atomic E-state index is 0.751. The number of nitrogens with one attached hydrogen (secondary N) is 1. The number of aryl methyl sites for hydroxylation is 1. The highest BCUT2D eigenvalue weighted by molar-refractivity contribution is 5.43. The van der Waals surface area contributed by atoms with Crippen LogP contribution in [0.25, 0.3) is 6.08 Å². The second-order valence-corrected chi connectivity index (χ2v) is 3.20. The van der Waals surface area contributed by atoms with Gasteiger partial charge in [-0.15, -0.1) is 0 Å². The number of aromatic nitrogens is 2. The van der Waals surface area contributed by atoms with Gasteiger partial charge in [-0.25, -0.2) is 4.98 Å². The van der Waals surface area contributed by atoms with Gasteiger partial charge in [0.15, 0.2) is 0 Å². The van der Waals surface area contributed by atoms with Crippen LogP contribution in [0, 0.1) is 0 Å². The van der Waals surface area contributed by atoms with Crippen LogP contribution in [0.4, 0.5) is 0 Å². The Morgan fingerprint density at radius 2 is 2.47 bits per heavy atom. The van der Waals surface area contributed by atoms with Gasteiger partial charge in [-0.1, -0.05) is 6.08 Å². The Bertz CT molecular complexity index is 294. The van der Waals surface area contributed by atoms with Gasteiger partial charge < -0.3 is 14.6 Å². The van der Waals surface area contributed by atoms with Gasteiger partial charge in [0.1, 0.15) is 0 Å². The predicted octanol–water partition coefficient (Wildman–Crippen LogP) is 1.15. The van der Waals surface area contributed by atoms with E-state index >= 15 is 0 Å². The third-order valence-corrected chi connectivity index (χ3v) is 2.12. The summed E-state index contributed by atoms with van der Waals surface area (Å²) >= 11 is 0. The largest absolute Gasteiger partial charge is 0.383 e. The second kappa shape index (κ2) is 7.20. The number of methoxy groups -OCH3 is 1. The fourth-order valence-electron chi connectivity index (χ4n) is 1.27. The normalized spacial score (nSPS) is 11.3. The molecular formula is C11H19N3O. The number of hydrogen-bond donors (Lipinski definition) is 1. The summed E-state index contributed by atoms with van der Waals surface area (Å²) < 4.78 is 7.03. The highest BCUT2D eigenvalue weighted by atomic mass is 16.5. The van der Waals surface area contributed by atoms with Gasteiger partial charge in [0.2, 0.25) is 0 Å². The van der Waals surface area contributed by atoms with Crippen LogP contribution in [0.3, 0.4) is 0 Å². The molecule has 0 amide bonds. The highest BCUT2D eigenvalue weighted by Crippen LogP contribution is 2.00. The molecule has 1 aromatic heterocycles. The van der Waals surface area contributed by atoms with E-state index in [-0.39, 0.29) is 0 Å². The van der Waals surface area contributed by atoms with Crippen molar-refractivity contribution >= 4 is 6.08 Å². The van der Waals surface area contributed by atoms with E-state index in [1.165, 1.54) is 0 Å². The lowest BCUT2D eigenvalue weighted by molar-refractivity contribution is 0.200. The Kier molecular flexibility index (Phi) is 5.73. The first-order chi connectivity index (χ1) is 7.38. The van der Waals surface area contributed by atoms with Crippen molar-refractivity contribution in [3.63, 3.8) is 0 Å². The minimum absolute atomic E-state index is 0.751. The van der Waals surface area contributed by atoms with Crippen LogP contribution in [0.1, 0.15) is 12.6 Å². The molecule has 0 atom stereocenters. The summed E-state index contributed by atoms with van der Waals surface area (Å²) in [5.74, 6) is 0. The van der Waals surface area contributed by atoms with Crippen LogP contribution in [-0.4, -0.2) is 36.4 Å². The Balaban J connectivity index is 2.25.